The lowest BCUT2D eigenvalue weighted by molar-refractivity contribution is 0.0510. The highest BCUT2D eigenvalue weighted by Crippen LogP contribution is 2.17. The van der Waals surface area contributed by atoms with E-state index in [9.17, 15) is 9.90 Å². The average molecular weight is 290 g/mol. The van der Waals surface area contributed by atoms with Crippen LogP contribution < -0.4 is 10.1 Å². The maximum absolute atomic E-state index is 11.7. The second kappa shape index (κ2) is 7.47. The van der Waals surface area contributed by atoms with Crippen molar-refractivity contribution in [3.8, 4) is 5.75 Å². The highest BCUT2D eigenvalue weighted by molar-refractivity contribution is 5.92. The number of carbonyl (C=O) groups is 1. The van der Waals surface area contributed by atoms with Gasteiger partial charge in [0.25, 0.3) is 5.91 Å². The van der Waals surface area contributed by atoms with E-state index in [0.717, 1.165) is 0 Å². The summed E-state index contributed by atoms with van der Waals surface area (Å²) in [7, 11) is 1.55. The molecule has 0 saturated heterocycles. The van der Waals surface area contributed by atoms with E-state index in [1.165, 1.54) is 0 Å². The molecule has 21 heavy (non-hydrogen) atoms. The van der Waals surface area contributed by atoms with E-state index < -0.39 is 6.10 Å². The Morgan fingerprint density at radius 2 is 2.10 bits per heavy atom. The number of methoxy groups -OCH3 is 1. The Kier molecular flexibility index (Phi) is 5.36. The van der Waals surface area contributed by atoms with Gasteiger partial charge in [0, 0.05) is 19.9 Å². The summed E-state index contributed by atoms with van der Waals surface area (Å²) in [6, 6.07) is 10.4. The van der Waals surface area contributed by atoms with Crippen LogP contribution in [0.5, 0.6) is 5.75 Å². The second-order valence-electron chi connectivity index (χ2n) is 4.43. The molecule has 0 aliphatic carbocycles. The molecule has 0 saturated carbocycles. The molecule has 1 atom stereocenters. The van der Waals surface area contributed by atoms with Gasteiger partial charge in [-0.05, 0) is 29.8 Å². The van der Waals surface area contributed by atoms with Crippen molar-refractivity contribution < 1.29 is 19.4 Å². The van der Waals surface area contributed by atoms with Gasteiger partial charge >= 0.3 is 0 Å². The summed E-state index contributed by atoms with van der Waals surface area (Å²) in [4.78, 5) is 14.5. The van der Waals surface area contributed by atoms with Crippen LogP contribution in [-0.4, -0.2) is 36.4 Å². The fraction of sp³-hybridized carbons (Fsp3) is 0.267. The number of nitrogens with one attached hydrogen (secondary N) is 2. The third-order valence-corrected chi connectivity index (χ3v) is 2.91. The Morgan fingerprint density at radius 1 is 1.33 bits per heavy atom. The van der Waals surface area contributed by atoms with E-state index in [2.05, 4.69) is 10.3 Å². The Bertz CT molecular complexity index is 552. The van der Waals surface area contributed by atoms with Gasteiger partial charge in [0.15, 0.2) is 6.79 Å². The summed E-state index contributed by atoms with van der Waals surface area (Å²) in [5, 5.41) is 12.7. The number of hydrogen-bond donors (Lipinski definition) is 3. The van der Waals surface area contributed by atoms with Crippen molar-refractivity contribution in [2.45, 2.75) is 6.10 Å². The zero-order valence-electron chi connectivity index (χ0n) is 11.7. The third kappa shape index (κ3) is 4.34. The lowest BCUT2D eigenvalue weighted by atomic mass is 10.1. The molecule has 3 N–H and O–H groups in total. The molecule has 6 heteroatoms. The summed E-state index contributed by atoms with van der Waals surface area (Å²) in [5.41, 5.74) is 1.16. The third-order valence-electron chi connectivity index (χ3n) is 2.91. The first-order chi connectivity index (χ1) is 10.2. The summed E-state index contributed by atoms with van der Waals surface area (Å²) in [5.74, 6) is 0.405. The van der Waals surface area contributed by atoms with Crippen LogP contribution in [0.3, 0.4) is 0 Å². The molecule has 112 valence electrons. The zero-order chi connectivity index (χ0) is 15.1. The largest absolute Gasteiger partial charge is 0.468 e. The van der Waals surface area contributed by atoms with Crippen molar-refractivity contribution in [2.75, 3.05) is 20.4 Å². The van der Waals surface area contributed by atoms with Crippen molar-refractivity contribution in [3.05, 3.63) is 53.9 Å². The minimum atomic E-state index is -0.777. The van der Waals surface area contributed by atoms with E-state index in [0.29, 0.717) is 17.0 Å². The second-order valence-corrected chi connectivity index (χ2v) is 4.43. The van der Waals surface area contributed by atoms with Crippen LogP contribution in [0, 0.1) is 0 Å². The van der Waals surface area contributed by atoms with Gasteiger partial charge in [0.2, 0.25) is 0 Å². The molecule has 0 aliphatic heterocycles. The number of carbonyl (C=O) groups excluding carboxylic acids is 1. The van der Waals surface area contributed by atoms with Gasteiger partial charge in [-0.1, -0.05) is 12.1 Å². The number of H-pyrrole nitrogens is 1. The maximum Gasteiger partial charge on any atom is 0.267 e. The van der Waals surface area contributed by atoms with Crippen molar-refractivity contribution in [1.82, 2.24) is 10.3 Å². The molecule has 1 aromatic heterocycles. The van der Waals surface area contributed by atoms with Crippen molar-refractivity contribution in [3.63, 3.8) is 0 Å². The number of aromatic nitrogens is 1. The predicted octanol–water partition coefficient (Wildman–Crippen LogP) is 1.46. The van der Waals surface area contributed by atoms with Crippen LogP contribution in [0.2, 0.25) is 0 Å². The quantitative estimate of drug-likeness (QED) is 0.674. The molecule has 2 aromatic rings. The van der Waals surface area contributed by atoms with Crippen LogP contribution in [0.25, 0.3) is 0 Å². The fourth-order valence-electron chi connectivity index (χ4n) is 1.79. The molecule has 0 spiro atoms. The Morgan fingerprint density at radius 3 is 2.71 bits per heavy atom. The Hall–Kier alpha value is -2.31. The number of rotatable bonds is 7. The van der Waals surface area contributed by atoms with E-state index in [4.69, 9.17) is 9.47 Å². The lowest BCUT2D eigenvalue weighted by Gasteiger charge is -2.12. The number of ether oxygens (including phenoxy) is 2. The molecule has 1 aromatic carbocycles. The maximum atomic E-state index is 11.7. The monoisotopic (exact) mass is 290 g/mol. The average Bonchev–Trinajstić information content (AvgIpc) is 3.05. The lowest BCUT2D eigenvalue weighted by Crippen LogP contribution is -2.28. The van der Waals surface area contributed by atoms with Crippen LogP contribution in [0.15, 0.2) is 42.6 Å². The fourth-order valence-corrected chi connectivity index (χ4v) is 1.79. The van der Waals surface area contributed by atoms with Gasteiger partial charge < -0.3 is 24.9 Å². The standard InChI is InChI=1S/C15H18N2O4/c1-20-10-21-12-6-4-11(5-7-12)14(18)9-17-15(19)13-3-2-8-16-13/h2-8,14,16,18H,9-10H2,1H3,(H,17,19). The highest BCUT2D eigenvalue weighted by atomic mass is 16.7. The molecular weight excluding hydrogens is 272 g/mol. The van der Waals surface area contributed by atoms with Crippen LogP contribution in [-0.2, 0) is 4.74 Å². The molecule has 1 amide bonds. The zero-order valence-corrected chi connectivity index (χ0v) is 11.7. The molecule has 0 radical (unpaired) electrons. The summed E-state index contributed by atoms with van der Waals surface area (Å²) < 4.78 is 10.1. The van der Waals surface area contributed by atoms with Crippen LogP contribution >= 0.6 is 0 Å². The molecule has 6 nitrogen and oxygen atoms in total. The van der Waals surface area contributed by atoms with Gasteiger partial charge in [0.05, 0.1) is 6.10 Å². The Balaban J connectivity index is 1.85. The molecule has 1 heterocycles. The van der Waals surface area contributed by atoms with Gasteiger partial charge in [-0.15, -0.1) is 0 Å². The minimum Gasteiger partial charge on any atom is -0.468 e. The van der Waals surface area contributed by atoms with E-state index >= 15 is 0 Å². The van der Waals surface area contributed by atoms with Crippen molar-refractivity contribution >= 4 is 5.91 Å². The first kappa shape index (κ1) is 15.1. The van der Waals surface area contributed by atoms with E-state index in [-0.39, 0.29) is 19.2 Å². The van der Waals surface area contributed by atoms with Gasteiger partial charge in [-0.3, -0.25) is 4.79 Å². The SMILES string of the molecule is COCOc1ccc(C(O)CNC(=O)c2ccc[nH]2)cc1. The molecule has 0 fully saturated rings. The number of amides is 1. The van der Waals surface area contributed by atoms with Crippen LogP contribution in [0.4, 0.5) is 0 Å². The summed E-state index contributed by atoms with van der Waals surface area (Å²) >= 11 is 0. The smallest absolute Gasteiger partial charge is 0.267 e. The van der Waals surface area contributed by atoms with E-state index in [1.807, 2.05) is 0 Å². The van der Waals surface area contributed by atoms with Crippen molar-refractivity contribution in [1.29, 1.82) is 0 Å². The van der Waals surface area contributed by atoms with Gasteiger partial charge in [-0.2, -0.15) is 0 Å². The molecule has 0 aliphatic rings. The normalized spacial score (nSPS) is 11.9. The molecular formula is C15H18N2O4. The van der Waals surface area contributed by atoms with Crippen molar-refractivity contribution in [2.24, 2.45) is 0 Å². The topological polar surface area (TPSA) is 83.6 Å². The first-order valence-corrected chi connectivity index (χ1v) is 6.52. The highest BCUT2D eigenvalue weighted by Gasteiger charge is 2.11. The Labute approximate surface area is 122 Å². The number of benzene rings is 1. The first-order valence-electron chi connectivity index (χ1n) is 6.52. The number of aromatic amines is 1. The predicted molar refractivity (Wildman–Crippen MR) is 77.0 cm³/mol. The molecule has 2 rings (SSSR count). The number of hydrogen-bond acceptors (Lipinski definition) is 4. The number of aliphatic hydroxyl groups excluding tert-OH is 1. The number of aliphatic hydroxyl groups is 1. The summed E-state index contributed by atoms with van der Waals surface area (Å²) in [6.07, 6.45) is 0.893. The minimum absolute atomic E-state index is 0.135. The van der Waals surface area contributed by atoms with E-state index in [1.54, 1.807) is 49.7 Å². The van der Waals surface area contributed by atoms with Gasteiger partial charge in [0.1, 0.15) is 11.4 Å². The van der Waals surface area contributed by atoms with Gasteiger partial charge in [-0.25, -0.2) is 0 Å². The molecule has 1 unspecified atom stereocenters. The van der Waals surface area contributed by atoms with Crippen LogP contribution in [0.1, 0.15) is 22.2 Å². The summed E-state index contributed by atoms with van der Waals surface area (Å²) in [6.45, 7) is 0.310. The molecule has 0 bridgehead atoms.